The molecule has 0 amide bonds. The number of benzene rings is 1. The third kappa shape index (κ3) is 6.20. The largest absolute Gasteiger partial charge is 0.310 e. The Morgan fingerprint density at radius 1 is 0.944 bits per heavy atom. The molecule has 0 saturated heterocycles. The van der Waals surface area contributed by atoms with Gasteiger partial charge in [-0.15, -0.1) is 0 Å². The number of hydrogen-bond donors (Lipinski definition) is 1. The molecule has 1 aromatic rings. The third-order valence-electron chi connectivity index (χ3n) is 3.58. The highest BCUT2D eigenvalue weighted by Gasteiger charge is 2.01. The number of rotatable bonds is 9. The minimum atomic E-state index is 0.632. The van der Waals surface area contributed by atoms with Crippen LogP contribution in [0.1, 0.15) is 64.0 Å². The first-order chi connectivity index (χ1) is 8.76. The summed E-state index contributed by atoms with van der Waals surface area (Å²) in [6, 6.07) is 9.60. The van der Waals surface area contributed by atoms with Crippen molar-refractivity contribution in [1.82, 2.24) is 5.32 Å². The van der Waals surface area contributed by atoms with Crippen molar-refractivity contribution < 1.29 is 0 Å². The zero-order valence-corrected chi connectivity index (χ0v) is 12.3. The van der Waals surface area contributed by atoms with E-state index in [1.54, 1.807) is 0 Å². The Labute approximate surface area is 113 Å². The van der Waals surface area contributed by atoms with Gasteiger partial charge in [-0.1, -0.05) is 63.8 Å². The molecule has 0 bridgehead atoms. The molecular formula is C17H29N. The van der Waals surface area contributed by atoms with Crippen LogP contribution in [0.15, 0.2) is 24.3 Å². The van der Waals surface area contributed by atoms with Gasteiger partial charge in [0.25, 0.3) is 0 Å². The summed E-state index contributed by atoms with van der Waals surface area (Å²) >= 11 is 0. The Morgan fingerprint density at radius 2 is 1.61 bits per heavy atom. The van der Waals surface area contributed by atoms with Crippen LogP contribution in [0.2, 0.25) is 0 Å². The Balaban J connectivity index is 2.18. The van der Waals surface area contributed by atoms with Crippen molar-refractivity contribution in [3.8, 4) is 0 Å². The van der Waals surface area contributed by atoms with E-state index in [9.17, 15) is 0 Å². The molecule has 1 unspecified atom stereocenters. The van der Waals surface area contributed by atoms with E-state index in [2.05, 4.69) is 50.4 Å². The lowest BCUT2D eigenvalue weighted by Gasteiger charge is -2.13. The van der Waals surface area contributed by atoms with Gasteiger partial charge in [-0.25, -0.2) is 0 Å². The van der Waals surface area contributed by atoms with Crippen LogP contribution in [-0.2, 0) is 13.0 Å². The number of aryl methyl sites for hydroxylation is 1. The molecule has 0 aliphatic rings. The number of nitrogens with one attached hydrogen (secondary N) is 1. The molecule has 1 atom stereocenters. The van der Waals surface area contributed by atoms with Crippen LogP contribution in [0.5, 0.6) is 0 Å². The molecule has 18 heavy (non-hydrogen) atoms. The van der Waals surface area contributed by atoms with Crippen LogP contribution < -0.4 is 5.32 Å². The fourth-order valence-corrected chi connectivity index (χ4v) is 2.16. The quantitative estimate of drug-likeness (QED) is 0.624. The number of hydrogen-bond acceptors (Lipinski definition) is 1. The summed E-state index contributed by atoms with van der Waals surface area (Å²) in [5.41, 5.74) is 2.82. The topological polar surface area (TPSA) is 12.0 Å². The van der Waals surface area contributed by atoms with E-state index in [0.29, 0.717) is 6.04 Å². The summed E-state index contributed by atoms with van der Waals surface area (Å²) < 4.78 is 0. The average molecular weight is 247 g/mol. The van der Waals surface area contributed by atoms with Gasteiger partial charge in [-0.2, -0.15) is 0 Å². The highest BCUT2D eigenvalue weighted by Crippen LogP contribution is 2.08. The molecule has 0 aliphatic carbocycles. The van der Waals surface area contributed by atoms with E-state index in [0.717, 1.165) is 13.0 Å². The normalized spacial score (nSPS) is 12.6. The smallest absolute Gasteiger partial charge is 0.0207 e. The van der Waals surface area contributed by atoms with E-state index in [4.69, 9.17) is 0 Å². The SMILES string of the molecule is CCCCCCC(C)NCc1ccc(CC)cc1. The van der Waals surface area contributed by atoms with Gasteiger partial charge < -0.3 is 5.32 Å². The van der Waals surface area contributed by atoms with Gasteiger partial charge in [0.1, 0.15) is 0 Å². The van der Waals surface area contributed by atoms with Gasteiger partial charge >= 0.3 is 0 Å². The van der Waals surface area contributed by atoms with Crippen LogP contribution >= 0.6 is 0 Å². The summed E-state index contributed by atoms with van der Waals surface area (Å²) in [6.07, 6.45) is 7.87. The summed E-state index contributed by atoms with van der Waals surface area (Å²) in [6.45, 7) is 7.76. The molecule has 0 fully saturated rings. The van der Waals surface area contributed by atoms with Crippen molar-refractivity contribution >= 4 is 0 Å². The van der Waals surface area contributed by atoms with Gasteiger partial charge in [0.05, 0.1) is 0 Å². The van der Waals surface area contributed by atoms with Crippen LogP contribution in [0, 0.1) is 0 Å². The highest BCUT2D eigenvalue weighted by molar-refractivity contribution is 5.22. The maximum Gasteiger partial charge on any atom is 0.0207 e. The van der Waals surface area contributed by atoms with E-state index in [-0.39, 0.29) is 0 Å². The Bertz CT molecular complexity index is 302. The van der Waals surface area contributed by atoms with E-state index in [1.807, 2.05) is 0 Å². The summed E-state index contributed by atoms with van der Waals surface area (Å²) in [5, 5.41) is 3.61. The van der Waals surface area contributed by atoms with E-state index >= 15 is 0 Å². The second kappa shape index (κ2) is 9.16. The fraction of sp³-hybridized carbons (Fsp3) is 0.647. The first-order valence-corrected chi connectivity index (χ1v) is 7.57. The van der Waals surface area contributed by atoms with Crippen molar-refractivity contribution in [1.29, 1.82) is 0 Å². The maximum atomic E-state index is 3.61. The van der Waals surface area contributed by atoms with Gasteiger partial charge in [-0.3, -0.25) is 0 Å². The minimum absolute atomic E-state index is 0.632. The first-order valence-electron chi connectivity index (χ1n) is 7.57. The second-order valence-corrected chi connectivity index (χ2v) is 5.30. The molecule has 1 heteroatoms. The first kappa shape index (κ1) is 15.2. The van der Waals surface area contributed by atoms with Crippen molar-refractivity contribution in [2.45, 2.75) is 71.9 Å². The van der Waals surface area contributed by atoms with Gasteiger partial charge in [0.2, 0.25) is 0 Å². The molecule has 1 nitrogen and oxygen atoms in total. The van der Waals surface area contributed by atoms with E-state index < -0.39 is 0 Å². The highest BCUT2D eigenvalue weighted by atomic mass is 14.9. The third-order valence-corrected chi connectivity index (χ3v) is 3.58. The zero-order chi connectivity index (χ0) is 13.2. The van der Waals surface area contributed by atoms with Crippen LogP contribution in [0.25, 0.3) is 0 Å². The molecular weight excluding hydrogens is 218 g/mol. The molecule has 1 rings (SSSR count). The van der Waals surface area contributed by atoms with Crippen LogP contribution in [0.4, 0.5) is 0 Å². The van der Waals surface area contributed by atoms with Crippen molar-refractivity contribution in [2.75, 3.05) is 0 Å². The number of unbranched alkanes of at least 4 members (excludes halogenated alkanes) is 3. The van der Waals surface area contributed by atoms with Crippen LogP contribution in [-0.4, -0.2) is 6.04 Å². The Hall–Kier alpha value is -0.820. The molecule has 1 aromatic carbocycles. The lowest BCUT2D eigenvalue weighted by molar-refractivity contribution is 0.482. The molecule has 0 heterocycles. The Kier molecular flexibility index (Phi) is 7.75. The molecule has 0 saturated carbocycles. The van der Waals surface area contributed by atoms with Crippen molar-refractivity contribution in [3.05, 3.63) is 35.4 Å². The second-order valence-electron chi connectivity index (χ2n) is 5.30. The molecule has 0 aromatic heterocycles. The summed E-state index contributed by atoms with van der Waals surface area (Å²) in [7, 11) is 0. The van der Waals surface area contributed by atoms with Crippen LogP contribution in [0.3, 0.4) is 0 Å². The molecule has 0 radical (unpaired) electrons. The average Bonchev–Trinajstić information content (AvgIpc) is 2.42. The van der Waals surface area contributed by atoms with Gasteiger partial charge in [0, 0.05) is 12.6 Å². The van der Waals surface area contributed by atoms with Crippen molar-refractivity contribution in [2.24, 2.45) is 0 Å². The van der Waals surface area contributed by atoms with Gasteiger partial charge in [-0.05, 0) is 30.9 Å². The fourth-order valence-electron chi connectivity index (χ4n) is 2.16. The Morgan fingerprint density at radius 3 is 2.22 bits per heavy atom. The zero-order valence-electron chi connectivity index (χ0n) is 12.3. The maximum absolute atomic E-state index is 3.61. The summed E-state index contributed by atoms with van der Waals surface area (Å²) in [5.74, 6) is 0. The van der Waals surface area contributed by atoms with Gasteiger partial charge in [0.15, 0.2) is 0 Å². The predicted molar refractivity (Wildman–Crippen MR) is 80.9 cm³/mol. The lowest BCUT2D eigenvalue weighted by Crippen LogP contribution is -2.25. The predicted octanol–water partition coefficient (Wildman–Crippen LogP) is 4.70. The monoisotopic (exact) mass is 247 g/mol. The summed E-state index contributed by atoms with van der Waals surface area (Å²) in [4.78, 5) is 0. The molecule has 0 spiro atoms. The lowest BCUT2D eigenvalue weighted by atomic mass is 10.1. The molecule has 1 N–H and O–H groups in total. The minimum Gasteiger partial charge on any atom is -0.310 e. The molecule has 0 aliphatic heterocycles. The van der Waals surface area contributed by atoms with E-state index in [1.165, 1.54) is 43.2 Å². The standard InChI is InChI=1S/C17H29N/c1-4-6-7-8-9-15(3)18-14-17-12-10-16(5-2)11-13-17/h10-13,15,18H,4-9,14H2,1-3H3. The van der Waals surface area contributed by atoms with Crippen molar-refractivity contribution in [3.63, 3.8) is 0 Å². The molecule has 102 valence electrons.